The Morgan fingerprint density at radius 2 is 2.00 bits per heavy atom. The number of rotatable bonds is 4. The fraction of sp³-hybridized carbons (Fsp3) is 0.0714. The predicted octanol–water partition coefficient (Wildman–Crippen LogP) is 4.05. The van der Waals surface area contributed by atoms with Crippen LogP contribution in [0.1, 0.15) is 11.1 Å². The standard InChI is InChI=1S/C14H9ClF2NO/c15-12-3-1-2-10(6-12)8-18-19-9-11-7-13(16)4-5-14(11)17/h1-7H,9H2. The molecule has 0 aliphatic rings. The first-order valence-corrected chi connectivity index (χ1v) is 5.80. The summed E-state index contributed by atoms with van der Waals surface area (Å²) >= 11 is 5.78. The van der Waals surface area contributed by atoms with Crippen molar-refractivity contribution in [1.82, 2.24) is 0 Å². The minimum absolute atomic E-state index is 0.0941. The molecule has 0 amide bonds. The average molecular weight is 281 g/mol. The van der Waals surface area contributed by atoms with Crippen molar-refractivity contribution in [3.63, 3.8) is 0 Å². The molecule has 0 unspecified atom stereocenters. The molecule has 2 aromatic rings. The highest BCUT2D eigenvalue weighted by Gasteiger charge is 2.03. The first-order chi connectivity index (χ1) is 9.15. The highest BCUT2D eigenvalue weighted by Crippen LogP contribution is 2.11. The lowest BCUT2D eigenvalue weighted by atomic mass is 10.2. The molecule has 0 aliphatic heterocycles. The Balaban J connectivity index is 1.95. The largest absolute Gasteiger partial charge is 0.390 e. The van der Waals surface area contributed by atoms with E-state index >= 15 is 0 Å². The lowest BCUT2D eigenvalue weighted by Gasteiger charge is -2.01. The first kappa shape index (κ1) is 13.5. The molecule has 19 heavy (non-hydrogen) atoms. The Bertz CT molecular complexity index is 602. The molecule has 2 aromatic carbocycles. The van der Waals surface area contributed by atoms with Crippen molar-refractivity contribution < 1.29 is 13.6 Å². The van der Waals surface area contributed by atoms with E-state index in [1.54, 1.807) is 24.3 Å². The lowest BCUT2D eigenvalue weighted by Crippen LogP contribution is -1.94. The SMILES string of the molecule is Fc1ccc(F)c(CO/N=[C]\c2cccc(Cl)c2)c1. The summed E-state index contributed by atoms with van der Waals surface area (Å²) in [6, 6.07) is 9.99. The molecule has 0 saturated carbocycles. The third kappa shape index (κ3) is 4.03. The van der Waals surface area contributed by atoms with Gasteiger partial charge in [0.2, 0.25) is 0 Å². The molecule has 0 atom stereocenters. The summed E-state index contributed by atoms with van der Waals surface area (Å²) in [5.74, 6) is -1.07. The molecule has 0 bridgehead atoms. The van der Waals surface area contributed by atoms with Gasteiger partial charge in [-0.25, -0.2) is 8.78 Å². The van der Waals surface area contributed by atoms with Crippen molar-refractivity contribution >= 4 is 17.8 Å². The van der Waals surface area contributed by atoms with Crippen LogP contribution >= 0.6 is 11.6 Å². The van der Waals surface area contributed by atoms with Gasteiger partial charge in [-0.3, -0.25) is 0 Å². The molecule has 0 N–H and O–H groups in total. The Morgan fingerprint density at radius 1 is 1.16 bits per heavy atom. The van der Waals surface area contributed by atoms with Crippen molar-refractivity contribution in [1.29, 1.82) is 0 Å². The summed E-state index contributed by atoms with van der Waals surface area (Å²) in [5.41, 5.74) is 0.726. The second-order valence-electron chi connectivity index (χ2n) is 3.72. The lowest BCUT2D eigenvalue weighted by molar-refractivity contribution is 0.129. The molecule has 97 valence electrons. The van der Waals surface area contributed by atoms with E-state index < -0.39 is 11.6 Å². The maximum absolute atomic E-state index is 13.2. The molecule has 0 heterocycles. The number of hydrogen-bond acceptors (Lipinski definition) is 2. The van der Waals surface area contributed by atoms with Gasteiger partial charge in [-0.15, -0.1) is 0 Å². The fourth-order valence-electron chi connectivity index (χ4n) is 1.40. The average Bonchev–Trinajstić information content (AvgIpc) is 2.39. The van der Waals surface area contributed by atoms with Gasteiger partial charge in [0.25, 0.3) is 0 Å². The summed E-state index contributed by atoms with van der Waals surface area (Å²) in [6.45, 7) is -0.169. The Hall–Kier alpha value is -1.94. The highest BCUT2D eigenvalue weighted by atomic mass is 35.5. The summed E-state index contributed by atoms with van der Waals surface area (Å²) in [6.07, 6.45) is 2.59. The van der Waals surface area contributed by atoms with Crippen molar-refractivity contribution in [3.8, 4) is 0 Å². The first-order valence-electron chi connectivity index (χ1n) is 5.42. The van der Waals surface area contributed by atoms with Crippen LogP contribution in [0.2, 0.25) is 5.02 Å². The van der Waals surface area contributed by atoms with Crippen molar-refractivity contribution in [2.24, 2.45) is 5.16 Å². The van der Waals surface area contributed by atoms with Crippen LogP contribution in [0, 0.1) is 11.6 Å². The summed E-state index contributed by atoms with van der Waals surface area (Å²) in [5, 5.41) is 4.10. The second-order valence-corrected chi connectivity index (χ2v) is 4.16. The Kier molecular flexibility index (Phi) is 4.47. The molecule has 5 heteroatoms. The minimum atomic E-state index is -0.542. The van der Waals surface area contributed by atoms with Gasteiger partial charge in [0, 0.05) is 16.1 Å². The molecular weight excluding hydrogens is 272 g/mol. The fourth-order valence-corrected chi connectivity index (χ4v) is 1.59. The van der Waals surface area contributed by atoms with E-state index in [-0.39, 0.29) is 12.2 Å². The van der Waals surface area contributed by atoms with Crippen LogP contribution in [0.4, 0.5) is 8.78 Å². The van der Waals surface area contributed by atoms with Gasteiger partial charge in [0.1, 0.15) is 24.5 Å². The van der Waals surface area contributed by atoms with Crippen molar-refractivity contribution in [2.75, 3.05) is 0 Å². The monoisotopic (exact) mass is 280 g/mol. The van der Waals surface area contributed by atoms with E-state index in [1.807, 2.05) is 0 Å². The zero-order valence-electron chi connectivity index (χ0n) is 9.74. The van der Waals surface area contributed by atoms with E-state index in [0.717, 1.165) is 18.2 Å². The quantitative estimate of drug-likeness (QED) is 0.612. The number of benzene rings is 2. The molecule has 0 aliphatic carbocycles. The molecule has 0 fully saturated rings. The van der Waals surface area contributed by atoms with E-state index in [2.05, 4.69) is 11.4 Å². The normalized spacial score (nSPS) is 10.9. The van der Waals surface area contributed by atoms with Gasteiger partial charge in [0.15, 0.2) is 0 Å². The third-order valence-corrected chi connectivity index (χ3v) is 2.53. The van der Waals surface area contributed by atoms with E-state index in [9.17, 15) is 8.78 Å². The molecular formula is C14H9ClF2NO. The Labute approximate surface area is 114 Å². The van der Waals surface area contributed by atoms with Crippen LogP contribution in [0.25, 0.3) is 0 Å². The van der Waals surface area contributed by atoms with Crippen molar-refractivity contribution in [2.45, 2.75) is 6.61 Å². The minimum Gasteiger partial charge on any atom is -0.390 e. The van der Waals surface area contributed by atoms with Crippen LogP contribution in [0.5, 0.6) is 0 Å². The summed E-state index contributed by atoms with van der Waals surface area (Å²) < 4.78 is 26.1. The predicted molar refractivity (Wildman–Crippen MR) is 69.1 cm³/mol. The van der Waals surface area contributed by atoms with Gasteiger partial charge in [-0.2, -0.15) is 0 Å². The smallest absolute Gasteiger partial charge is 0.145 e. The maximum Gasteiger partial charge on any atom is 0.145 e. The molecule has 2 rings (SSSR count). The maximum atomic E-state index is 13.2. The van der Waals surface area contributed by atoms with Gasteiger partial charge in [-0.05, 0) is 30.3 Å². The zero-order chi connectivity index (χ0) is 13.7. The molecule has 1 radical (unpaired) electrons. The molecule has 0 spiro atoms. The van der Waals surface area contributed by atoms with Crippen LogP contribution in [-0.4, -0.2) is 6.21 Å². The zero-order valence-corrected chi connectivity index (χ0v) is 10.5. The van der Waals surface area contributed by atoms with Crippen LogP contribution < -0.4 is 0 Å². The van der Waals surface area contributed by atoms with Crippen molar-refractivity contribution in [3.05, 3.63) is 70.2 Å². The summed E-state index contributed by atoms with van der Waals surface area (Å²) in [4.78, 5) is 4.86. The van der Waals surface area contributed by atoms with Gasteiger partial charge < -0.3 is 4.84 Å². The van der Waals surface area contributed by atoms with Crippen LogP contribution in [0.3, 0.4) is 0 Å². The van der Waals surface area contributed by atoms with Gasteiger partial charge in [-0.1, -0.05) is 28.9 Å². The third-order valence-electron chi connectivity index (χ3n) is 2.29. The van der Waals surface area contributed by atoms with E-state index in [0.29, 0.717) is 10.6 Å². The van der Waals surface area contributed by atoms with Crippen LogP contribution in [0.15, 0.2) is 47.6 Å². The Morgan fingerprint density at radius 3 is 2.79 bits per heavy atom. The van der Waals surface area contributed by atoms with Crippen LogP contribution in [-0.2, 0) is 11.4 Å². The topological polar surface area (TPSA) is 21.6 Å². The van der Waals surface area contributed by atoms with Gasteiger partial charge >= 0.3 is 0 Å². The number of nitrogens with zero attached hydrogens (tertiary/aromatic N) is 1. The van der Waals surface area contributed by atoms with E-state index in [1.165, 1.54) is 0 Å². The van der Waals surface area contributed by atoms with E-state index in [4.69, 9.17) is 16.4 Å². The molecule has 2 nitrogen and oxygen atoms in total. The number of hydrogen-bond donors (Lipinski definition) is 0. The molecule has 0 aromatic heterocycles. The van der Waals surface area contributed by atoms with Gasteiger partial charge in [0.05, 0.1) is 0 Å². The second kappa shape index (κ2) is 6.29. The summed E-state index contributed by atoms with van der Waals surface area (Å²) in [7, 11) is 0. The highest BCUT2D eigenvalue weighted by molar-refractivity contribution is 6.30. The number of halogens is 3. The molecule has 0 saturated heterocycles.